The summed E-state index contributed by atoms with van der Waals surface area (Å²) in [5, 5.41) is 2.84. The van der Waals surface area contributed by atoms with Gasteiger partial charge in [-0.25, -0.2) is 0 Å². The number of carbonyl (C=O) groups is 2. The largest absolute Gasteiger partial charge is 0.350 e. The highest BCUT2D eigenvalue weighted by atomic mass is 16.2. The van der Waals surface area contributed by atoms with Crippen molar-refractivity contribution in [2.45, 2.75) is 39.7 Å². The minimum absolute atomic E-state index is 0.0454. The molecule has 0 aliphatic heterocycles. The predicted molar refractivity (Wildman–Crippen MR) is 80.1 cm³/mol. The number of rotatable bonds is 8. The van der Waals surface area contributed by atoms with Gasteiger partial charge in [0.1, 0.15) is 0 Å². The summed E-state index contributed by atoms with van der Waals surface area (Å²) in [5.74, 6) is -0.156. The number of carbonyl (C=O) groups excluding carboxylic acids is 2. The lowest BCUT2D eigenvalue weighted by Gasteiger charge is -2.20. The van der Waals surface area contributed by atoms with Gasteiger partial charge in [0.25, 0.3) is 0 Å². The Bertz CT molecular complexity index is 418. The van der Waals surface area contributed by atoms with Crippen molar-refractivity contribution in [1.82, 2.24) is 10.2 Å². The first-order chi connectivity index (χ1) is 9.63. The molecule has 0 saturated heterocycles. The third-order valence-corrected chi connectivity index (χ3v) is 3.14. The Morgan fingerprint density at radius 2 is 1.85 bits per heavy atom. The van der Waals surface area contributed by atoms with E-state index in [-0.39, 0.29) is 18.4 Å². The summed E-state index contributed by atoms with van der Waals surface area (Å²) in [4.78, 5) is 25.0. The molecule has 0 aromatic heterocycles. The minimum atomic E-state index is -0.111. The van der Waals surface area contributed by atoms with Crippen LogP contribution in [0.1, 0.15) is 38.7 Å². The zero-order valence-corrected chi connectivity index (χ0v) is 12.4. The molecule has 0 saturated carbocycles. The van der Waals surface area contributed by atoms with Crippen LogP contribution in [-0.4, -0.2) is 29.8 Å². The summed E-state index contributed by atoms with van der Waals surface area (Å²) in [7, 11) is 0. The highest BCUT2D eigenvalue weighted by Gasteiger charge is 2.12. The molecular weight excluding hydrogens is 252 g/mol. The summed E-state index contributed by atoms with van der Waals surface area (Å²) in [6.07, 6.45) is 3.13. The average molecular weight is 276 g/mol. The van der Waals surface area contributed by atoms with Gasteiger partial charge in [0.15, 0.2) is 0 Å². The van der Waals surface area contributed by atoms with E-state index in [1.54, 1.807) is 4.90 Å². The molecule has 0 aliphatic carbocycles. The summed E-state index contributed by atoms with van der Waals surface area (Å²) in [6.45, 7) is 4.93. The summed E-state index contributed by atoms with van der Waals surface area (Å²) >= 11 is 0. The van der Waals surface area contributed by atoms with Crippen molar-refractivity contribution in [2.75, 3.05) is 13.1 Å². The van der Waals surface area contributed by atoms with Gasteiger partial charge in [-0.1, -0.05) is 50.1 Å². The number of nitrogens with zero attached hydrogens (tertiary/aromatic N) is 1. The van der Waals surface area contributed by atoms with E-state index in [4.69, 9.17) is 0 Å². The zero-order valence-electron chi connectivity index (χ0n) is 12.4. The monoisotopic (exact) mass is 276 g/mol. The first kappa shape index (κ1) is 16.2. The normalized spacial score (nSPS) is 10.1. The Kier molecular flexibility index (Phi) is 7.40. The summed E-state index contributed by atoms with van der Waals surface area (Å²) < 4.78 is 0. The molecule has 0 bridgehead atoms. The lowest BCUT2D eigenvalue weighted by Crippen LogP contribution is -2.40. The Morgan fingerprint density at radius 1 is 1.15 bits per heavy atom. The van der Waals surface area contributed by atoms with Crippen molar-refractivity contribution >= 4 is 11.8 Å². The van der Waals surface area contributed by atoms with Crippen LogP contribution in [0, 0.1) is 0 Å². The van der Waals surface area contributed by atoms with E-state index in [2.05, 4.69) is 12.2 Å². The molecule has 0 fully saturated rings. The first-order valence-corrected chi connectivity index (χ1v) is 7.19. The fourth-order valence-corrected chi connectivity index (χ4v) is 1.93. The second-order valence-corrected chi connectivity index (χ2v) is 4.91. The molecule has 1 rings (SSSR count). The SMILES string of the molecule is CCCCCN(CC(=O)NCc1ccccc1)C(C)=O. The smallest absolute Gasteiger partial charge is 0.239 e. The fraction of sp³-hybridized carbons (Fsp3) is 0.500. The van der Waals surface area contributed by atoms with Crippen LogP contribution in [0.2, 0.25) is 0 Å². The topological polar surface area (TPSA) is 49.4 Å². The summed E-state index contributed by atoms with van der Waals surface area (Å²) in [6, 6.07) is 9.74. The van der Waals surface area contributed by atoms with Crippen molar-refractivity contribution in [1.29, 1.82) is 0 Å². The second-order valence-electron chi connectivity index (χ2n) is 4.91. The minimum Gasteiger partial charge on any atom is -0.350 e. The highest BCUT2D eigenvalue weighted by Crippen LogP contribution is 2.00. The number of amides is 2. The molecule has 1 aromatic rings. The molecular formula is C16H24N2O2. The van der Waals surface area contributed by atoms with Gasteiger partial charge in [-0.2, -0.15) is 0 Å². The van der Waals surface area contributed by atoms with Crippen LogP contribution in [0.5, 0.6) is 0 Å². The molecule has 1 aromatic carbocycles. The van der Waals surface area contributed by atoms with E-state index in [1.165, 1.54) is 6.92 Å². The van der Waals surface area contributed by atoms with E-state index in [0.717, 1.165) is 24.8 Å². The van der Waals surface area contributed by atoms with E-state index < -0.39 is 0 Å². The maximum Gasteiger partial charge on any atom is 0.239 e. The third kappa shape index (κ3) is 6.36. The lowest BCUT2D eigenvalue weighted by molar-refractivity contribution is -0.134. The molecule has 0 unspecified atom stereocenters. The Balaban J connectivity index is 2.36. The van der Waals surface area contributed by atoms with Crippen molar-refractivity contribution in [3.05, 3.63) is 35.9 Å². The number of nitrogens with one attached hydrogen (secondary N) is 1. The van der Waals surface area contributed by atoms with Crippen LogP contribution < -0.4 is 5.32 Å². The lowest BCUT2D eigenvalue weighted by atomic mass is 10.2. The Hall–Kier alpha value is -1.84. The Morgan fingerprint density at radius 3 is 2.45 bits per heavy atom. The van der Waals surface area contributed by atoms with Crippen LogP contribution in [-0.2, 0) is 16.1 Å². The molecule has 2 amide bonds. The van der Waals surface area contributed by atoms with E-state index in [1.807, 2.05) is 30.3 Å². The molecule has 0 radical (unpaired) electrons. The summed E-state index contributed by atoms with van der Waals surface area (Å²) in [5.41, 5.74) is 1.06. The van der Waals surface area contributed by atoms with Crippen molar-refractivity contribution in [3.63, 3.8) is 0 Å². The van der Waals surface area contributed by atoms with Gasteiger partial charge in [-0.3, -0.25) is 9.59 Å². The number of benzene rings is 1. The van der Waals surface area contributed by atoms with E-state index in [9.17, 15) is 9.59 Å². The molecule has 1 N–H and O–H groups in total. The quantitative estimate of drug-likeness (QED) is 0.741. The zero-order chi connectivity index (χ0) is 14.8. The predicted octanol–water partition coefficient (Wildman–Crippen LogP) is 2.34. The van der Waals surface area contributed by atoms with Gasteiger partial charge in [-0.15, -0.1) is 0 Å². The van der Waals surface area contributed by atoms with Crippen molar-refractivity contribution in [2.24, 2.45) is 0 Å². The second kappa shape index (κ2) is 9.13. The van der Waals surface area contributed by atoms with Crippen LogP contribution in [0.15, 0.2) is 30.3 Å². The van der Waals surface area contributed by atoms with Gasteiger partial charge < -0.3 is 10.2 Å². The molecule has 20 heavy (non-hydrogen) atoms. The molecule has 0 heterocycles. The molecule has 0 spiro atoms. The molecule has 0 aliphatic rings. The average Bonchev–Trinajstić information content (AvgIpc) is 2.45. The van der Waals surface area contributed by atoms with Crippen molar-refractivity contribution < 1.29 is 9.59 Å². The highest BCUT2D eigenvalue weighted by molar-refractivity contribution is 5.83. The maximum absolute atomic E-state index is 11.9. The number of unbranched alkanes of at least 4 members (excludes halogenated alkanes) is 2. The van der Waals surface area contributed by atoms with E-state index >= 15 is 0 Å². The van der Waals surface area contributed by atoms with Gasteiger partial charge in [0.05, 0.1) is 6.54 Å². The van der Waals surface area contributed by atoms with E-state index in [0.29, 0.717) is 13.1 Å². The standard InChI is InChI=1S/C16H24N2O2/c1-3-4-8-11-18(14(2)19)13-16(20)17-12-15-9-6-5-7-10-15/h5-7,9-10H,3-4,8,11-13H2,1-2H3,(H,17,20). The molecule has 4 heteroatoms. The molecule has 0 atom stereocenters. The van der Waals surface area contributed by atoms with Crippen molar-refractivity contribution in [3.8, 4) is 0 Å². The maximum atomic E-state index is 11.9. The third-order valence-electron chi connectivity index (χ3n) is 3.14. The van der Waals surface area contributed by atoms with Crippen LogP contribution in [0.4, 0.5) is 0 Å². The molecule has 4 nitrogen and oxygen atoms in total. The van der Waals surface area contributed by atoms with Gasteiger partial charge >= 0.3 is 0 Å². The Labute approximate surface area is 121 Å². The molecule has 110 valence electrons. The van der Waals surface area contributed by atoms with Gasteiger partial charge in [-0.05, 0) is 12.0 Å². The van der Waals surface area contributed by atoms with Gasteiger partial charge in [0.2, 0.25) is 11.8 Å². The fourth-order valence-electron chi connectivity index (χ4n) is 1.93. The van der Waals surface area contributed by atoms with Crippen LogP contribution >= 0.6 is 0 Å². The number of hydrogen-bond acceptors (Lipinski definition) is 2. The van der Waals surface area contributed by atoms with Crippen LogP contribution in [0.25, 0.3) is 0 Å². The first-order valence-electron chi connectivity index (χ1n) is 7.19. The van der Waals surface area contributed by atoms with Crippen LogP contribution in [0.3, 0.4) is 0 Å². The van der Waals surface area contributed by atoms with Gasteiger partial charge in [0, 0.05) is 20.0 Å². The number of hydrogen-bond donors (Lipinski definition) is 1.